The highest BCUT2D eigenvalue weighted by Crippen LogP contribution is 2.44. The molecule has 0 bridgehead atoms. The van der Waals surface area contributed by atoms with Crippen LogP contribution in [0.3, 0.4) is 0 Å². The Balaban J connectivity index is 0.000000422. The average Bonchev–Trinajstić information content (AvgIpc) is 3.31. The highest BCUT2D eigenvalue weighted by molar-refractivity contribution is 6.45. The highest BCUT2D eigenvalue weighted by atomic mass is 16.7. The molecule has 0 aromatic heterocycles. The molecular formula is C44H86B2N6O8. The van der Waals surface area contributed by atoms with Crippen molar-refractivity contribution in [3.63, 3.8) is 0 Å². The molecule has 0 unspecified atom stereocenters. The minimum absolute atomic E-state index is 0.00370. The topological polar surface area (TPSA) is 182 Å². The Morgan fingerprint density at radius 2 is 1.05 bits per heavy atom. The van der Waals surface area contributed by atoms with E-state index in [1.54, 1.807) is 0 Å². The second-order valence-corrected chi connectivity index (χ2v) is 21.4. The molecule has 3 aliphatic rings. The van der Waals surface area contributed by atoms with Gasteiger partial charge in [-0.3, -0.25) is 19.2 Å². The van der Waals surface area contributed by atoms with E-state index in [0.29, 0.717) is 25.2 Å². The Labute approximate surface area is 364 Å². The minimum Gasteiger partial charge on any atom is -0.427 e. The molecule has 14 nitrogen and oxygen atoms in total. The maximum absolute atomic E-state index is 13.7. The fourth-order valence-electron chi connectivity index (χ4n) is 9.16. The Hall–Kier alpha value is -2.23. The number of carbonyl (C=O) groups excluding carboxylic acids is 4. The molecule has 6 atom stereocenters. The van der Waals surface area contributed by atoms with E-state index in [9.17, 15) is 29.2 Å². The van der Waals surface area contributed by atoms with Crippen molar-refractivity contribution in [3.05, 3.63) is 0 Å². The van der Waals surface area contributed by atoms with Crippen molar-refractivity contribution >= 4 is 37.9 Å². The number of carbonyl (C=O) groups is 4. The molecule has 1 aliphatic heterocycles. The third kappa shape index (κ3) is 15.8. The zero-order valence-electron chi connectivity index (χ0n) is 40.6. The zero-order valence-corrected chi connectivity index (χ0v) is 40.6. The summed E-state index contributed by atoms with van der Waals surface area (Å²) in [5.41, 5.74) is -3.36. The third-order valence-corrected chi connectivity index (χ3v) is 13.1. The van der Waals surface area contributed by atoms with E-state index in [1.807, 2.05) is 48.6 Å². The van der Waals surface area contributed by atoms with E-state index in [0.717, 1.165) is 64.6 Å². The lowest BCUT2D eigenvalue weighted by Crippen LogP contribution is -2.68. The highest BCUT2D eigenvalue weighted by Gasteiger charge is 2.54. The van der Waals surface area contributed by atoms with E-state index in [-0.39, 0.29) is 71.6 Å². The smallest absolute Gasteiger partial charge is 0.427 e. The van der Waals surface area contributed by atoms with Crippen molar-refractivity contribution in [2.24, 2.45) is 23.7 Å². The molecule has 1 saturated heterocycles. The van der Waals surface area contributed by atoms with Crippen LogP contribution < -0.4 is 21.3 Å². The summed E-state index contributed by atoms with van der Waals surface area (Å²) < 4.78 is 12.4. The number of rotatable bonds is 16. The predicted octanol–water partition coefficient (Wildman–Crippen LogP) is 4.63. The zero-order chi connectivity index (χ0) is 46.1. The molecule has 2 aliphatic carbocycles. The van der Waals surface area contributed by atoms with Gasteiger partial charge in [-0.25, -0.2) is 0 Å². The summed E-state index contributed by atoms with van der Waals surface area (Å²) in [6.07, 6.45) is 7.40. The minimum atomic E-state index is -1.34. The van der Waals surface area contributed by atoms with Crippen LogP contribution in [0.1, 0.15) is 148 Å². The standard InChI is InChI=1S/C25H48BN3O4.C19H38BN3O4/c1-11-29(10)17-20-13-12-19(14-15-26-32-23(6,7)24(8,9)33-26)16-25(20,27-18(2)30)21(31)28-22(3,4)5;1-7-23(6)13-16-9-8-15(10-11-20(26)27)12-19(16,21-14(2)24)17(25)22-18(3,4)5/h19-20H,11-17H2,1-10H3,(H,27,30)(H,28,31);15-16,26-27H,7-13H2,1-6H3,(H,21,24)(H,22,25)/t19-,20-,25+;15-,16-,19+/m00/s1. The number of hydrogen-bond donors (Lipinski definition) is 6. The summed E-state index contributed by atoms with van der Waals surface area (Å²) in [6, 6.07) is 0. The van der Waals surface area contributed by atoms with Gasteiger partial charge in [0.1, 0.15) is 11.1 Å². The first kappa shape index (κ1) is 53.9. The molecule has 1 heterocycles. The first-order chi connectivity index (χ1) is 27.4. The SMILES string of the molecule is CCN(C)C[C@@H]1CC[C@@H](CCB(O)O)C[C@]1(NC(C)=O)C(=O)NC(C)(C)C.CCN(C)C[C@@H]1CC[C@@H](CCB2OC(C)(C)C(C)(C)O2)C[C@]1(NC(C)=O)C(=O)NC(C)(C)C. The molecule has 2 saturated carbocycles. The predicted molar refractivity (Wildman–Crippen MR) is 242 cm³/mol. The van der Waals surface area contributed by atoms with Gasteiger partial charge in [-0.1, -0.05) is 26.7 Å². The molecule has 3 fully saturated rings. The molecule has 0 aromatic rings. The van der Waals surface area contributed by atoms with Gasteiger partial charge in [0.15, 0.2) is 0 Å². The van der Waals surface area contributed by atoms with Crippen LogP contribution in [0.25, 0.3) is 0 Å². The first-order valence-corrected chi connectivity index (χ1v) is 22.7. The van der Waals surface area contributed by atoms with Gasteiger partial charge >= 0.3 is 14.2 Å². The fourth-order valence-corrected chi connectivity index (χ4v) is 9.16. The van der Waals surface area contributed by atoms with E-state index in [4.69, 9.17) is 9.31 Å². The molecule has 4 amide bonds. The average molecular weight is 849 g/mol. The Bertz CT molecular complexity index is 1410. The lowest BCUT2D eigenvalue weighted by Gasteiger charge is -2.48. The van der Waals surface area contributed by atoms with Crippen molar-refractivity contribution in [2.75, 3.05) is 40.3 Å². The molecule has 346 valence electrons. The Morgan fingerprint density at radius 3 is 1.37 bits per heavy atom. The van der Waals surface area contributed by atoms with Gasteiger partial charge in [-0.2, -0.15) is 0 Å². The lowest BCUT2D eigenvalue weighted by molar-refractivity contribution is -0.140. The molecule has 60 heavy (non-hydrogen) atoms. The van der Waals surface area contributed by atoms with E-state index in [1.165, 1.54) is 13.8 Å². The first-order valence-electron chi connectivity index (χ1n) is 22.7. The van der Waals surface area contributed by atoms with Crippen LogP contribution >= 0.6 is 0 Å². The van der Waals surface area contributed by atoms with Crippen LogP contribution in [0.4, 0.5) is 0 Å². The van der Waals surface area contributed by atoms with Gasteiger partial charge in [0, 0.05) is 49.9 Å². The maximum atomic E-state index is 13.7. The summed E-state index contributed by atoms with van der Waals surface area (Å²) >= 11 is 0. The van der Waals surface area contributed by atoms with E-state index >= 15 is 0 Å². The van der Waals surface area contributed by atoms with E-state index in [2.05, 4.69) is 79.7 Å². The lowest BCUT2D eigenvalue weighted by atomic mass is 9.64. The fraction of sp³-hybridized carbons (Fsp3) is 0.909. The summed E-state index contributed by atoms with van der Waals surface area (Å²) in [4.78, 5) is 56.0. The Kier molecular flexibility index (Phi) is 19.7. The Morgan fingerprint density at radius 1 is 0.683 bits per heavy atom. The van der Waals surface area contributed by atoms with Gasteiger partial charge in [-0.05, 0) is 159 Å². The van der Waals surface area contributed by atoms with Crippen LogP contribution in [0.15, 0.2) is 0 Å². The largest absolute Gasteiger partial charge is 0.457 e. The summed E-state index contributed by atoms with van der Waals surface area (Å²) in [6.45, 7) is 30.5. The second kappa shape index (κ2) is 21.9. The molecule has 3 rings (SSSR count). The van der Waals surface area contributed by atoms with Crippen molar-refractivity contribution in [1.82, 2.24) is 31.1 Å². The van der Waals surface area contributed by atoms with Gasteiger partial charge in [0.05, 0.1) is 11.2 Å². The number of nitrogens with one attached hydrogen (secondary N) is 4. The van der Waals surface area contributed by atoms with Crippen molar-refractivity contribution < 1.29 is 38.5 Å². The van der Waals surface area contributed by atoms with Crippen LogP contribution in [-0.4, -0.2) is 131 Å². The molecule has 0 spiro atoms. The molecule has 16 heteroatoms. The van der Waals surface area contributed by atoms with Crippen LogP contribution in [0.2, 0.25) is 12.6 Å². The number of amides is 4. The molecule has 0 radical (unpaired) electrons. The van der Waals surface area contributed by atoms with Gasteiger partial charge in [-0.15, -0.1) is 0 Å². The van der Waals surface area contributed by atoms with Crippen LogP contribution in [0.5, 0.6) is 0 Å². The number of nitrogens with zero attached hydrogens (tertiary/aromatic N) is 2. The summed E-state index contributed by atoms with van der Waals surface area (Å²) in [5.74, 6) is -0.0574. The molecular weight excluding hydrogens is 762 g/mol. The van der Waals surface area contributed by atoms with Crippen molar-refractivity contribution in [1.29, 1.82) is 0 Å². The quantitative estimate of drug-likeness (QED) is 0.120. The normalized spacial score (nSPS) is 27.8. The van der Waals surface area contributed by atoms with Crippen LogP contribution in [-0.2, 0) is 28.5 Å². The third-order valence-electron chi connectivity index (χ3n) is 13.1. The van der Waals surface area contributed by atoms with E-state index < -0.39 is 23.7 Å². The second-order valence-electron chi connectivity index (χ2n) is 21.4. The van der Waals surface area contributed by atoms with Gasteiger partial charge < -0.3 is 50.4 Å². The maximum Gasteiger partial charge on any atom is 0.457 e. The molecule has 6 N–H and O–H groups in total. The molecule has 0 aromatic carbocycles. The monoisotopic (exact) mass is 849 g/mol. The van der Waals surface area contributed by atoms with Crippen molar-refractivity contribution in [3.8, 4) is 0 Å². The van der Waals surface area contributed by atoms with Crippen LogP contribution in [0, 0.1) is 23.7 Å². The van der Waals surface area contributed by atoms with Gasteiger partial charge in [0.25, 0.3) is 0 Å². The van der Waals surface area contributed by atoms with Gasteiger partial charge in [0.2, 0.25) is 23.6 Å². The number of hydrogen-bond acceptors (Lipinski definition) is 10. The van der Waals surface area contributed by atoms with Crippen molar-refractivity contribution in [2.45, 2.75) is 194 Å². The summed E-state index contributed by atoms with van der Waals surface area (Å²) in [5, 5.41) is 30.8. The summed E-state index contributed by atoms with van der Waals surface area (Å²) in [7, 11) is 2.52.